The molecule has 0 aromatic heterocycles. The minimum atomic E-state index is -1.04. The summed E-state index contributed by atoms with van der Waals surface area (Å²) >= 11 is 0. The summed E-state index contributed by atoms with van der Waals surface area (Å²) in [7, 11) is 3.01. The largest absolute Gasteiger partial charge is 0.497 e. The Morgan fingerprint density at radius 2 is 1.83 bits per heavy atom. The van der Waals surface area contributed by atoms with Gasteiger partial charge in [0.05, 0.1) is 38.0 Å². The Hall–Kier alpha value is -2.54. The molecule has 122 valence electrons. The number of ether oxygens (including phenoxy) is 3. The lowest BCUT2D eigenvalue weighted by atomic mass is 9.82. The van der Waals surface area contributed by atoms with E-state index in [2.05, 4.69) is 5.32 Å². The van der Waals surface area contributed by atoms with Gasteiger partial charge < -0.3 is 24.6 Å². The summed E-state index contributed by atoms with van der Waals surface area (Å²) in [6, 6.07) is 4.97. The molecule has 2 aliphatic rings. The highest BCUT2D eigenvalue weighted by molar-refractivity contribution is 5.97. The van der Waals surface area contributed by atoms with Gasteiger partial charge in [-0.1, -0.05) is 12.2 Å². The van der Waals surface area contributed by atoms with Gasteiger partial charge in [-0.05, 0) is 12.1 Å². The van der Waals surface area contributed by atoms with Crippen LogP contribution < -0.4 is 14.8 Å². The molecule has 1 aromatic rings. The number of hydrogen-bond donors (Lipinski definition) is 2. The zero-order valence-electron chi connectivity index (χ0n) is 12.7. The Labute approximate surface area is 132 Å². The number of aliphatic carboxylic acids is 1. The van der Waals surface area contributed by atoms with Gasteiger partial charge in [-0.25, -0.2) is 0 Å². The van der Waals surface area contributed by atoms with Crippen molar-refractivity contribution in [3.63, 3.8) is 0 Å². The van der Waals surface area contributed by atoms with E-state index in [1.54, 1.807) is 30.4 Å². The number of nitrogens with one attached hydrogen (secondary N) is 1. The van der Waals surface area contributed by atoms with Crippen LogP contribution in [0.1, 0.15) is 0 Å². The van der Waals surface area contributed by atoms with Crippen molar-refractivity contribution < 1.29 is 28.9 Å². The maximum absolute atomic E-state index is 12.6. The number of carboxylic acid groups (broad SMARTS) is 1. The van der Waals surface area contributed by atoms with Crippen molar-refractivity contribution in [2.75, 3.05) is 19.5 Å². The number of carboxylic acids is 1. The molecule has 1 aromatic carbocycles. The number of rotatable bonds is 5. The molecule has 3 rings (SSSR count). The van der Waals surface area contributed by atoms with Crippen LogP contribution in [0.5, 0.6) is 11.5 Å². The van der Waals surface area contributed by atoms with Crippen molar-refractivity contribution in [2.45, 2.75) is 12.2 Å². The lowest BCUT2D eigenvalue weighted by molar-refractivity contribution is -0.145. The van der Waals surface area contributed by atoms with Gasteiger partial charge in [-0.3, -0.25) is 9.59 Å². The molecule has 2 N–H and O–H groups in total. The molecule has 2 bridgehead atoms. The molecule has 0 radical (unpaired) electrons. The molecule has 0 saturated carbocycles. The first kappa shape index (κ1) is 15.4. The smallest absolute Gasteiger partial charge is 0.310 e. The molecule has 1 amide bonds. The minimum absolute atomic E-state index is 0.405. The van der Waals surface area contributed by atoms with Gasteiger partial charge in [-0.2, -0.15) is 0 Å². The molecule has 0 unspecified atom stereocenters. The zero-order valence-corrected chi connectivity index (χ0v) is 12.7. The Morgan fingerprint density at radius 1 is 1.13 bits per heavy atom. The highest BCUT2D eigenvalue weighted by Gasteiger charge is 2.53. The van der Waals surface area contributed by atoms with Crippen LogP contribution in [-0.4, -0.2) is 43.4 Å². The first-order valence-corrected chi connectivity index (χ1v) is 7.14. The fraction of sp³-hybridized carbons (Fsp3) is 0.375. The van der Waals surface area contributed by atoms with E-state index >= 15 is 0 Å². The topological polar surface area (TPSA) is 94.1 Å². The van der Waals surface area contributed by atoms with E-state index in [4.69, 9.17) is 14.2 Å². The lowest BCUT2D eigenvalue weighted by Crippen LogP contribution is -2.39. The van der Waals surface area contributed by atoms with E-state index in [-0.39, 0.29) is 0 Å². The Kier molecular flexibility index (Phi) is 3.96. The minimum Gasteiger partial charge on any atom is -0.497 e. The number of amides is 1. The maximum Gasteiger partial charge on any atom is 0.310 e. The number of carbonyl (C=O) groups is 2. The van der Waals surface area contributed by atoms with Gasteiger partial charge in [0, 0.05) is 6.07 Å². The van der Waals surface area contributed by atoms with E-state index in [0.29, 0.717) is 17.2 Å². The predicted octanol–water partition coefficient (Wildman–Crippen LogP) is 1.30. The first-order chi connectivity index (χ1) is 11.0. The molecular formula is C16H17NO6. The number of methoxy groups -OCH3 is 2. The van der Waals surface area contributed by atoms with Gasteiger partial charge in [0.15, 0.2) is 0 Å². The normalized spacial score (nSPS) is 27.7. The molecular weight excluding hydrogens is 302 g/mol. The van der Waals surface area contributed by atoms with Crippen LogP contribution in [0.25, 0.3) is 0 Å². The van der Waals surface area contributed by atoms with Crippen molar-refractivity contribution >= 4 is 17.6 Å². The lowest BCUT2D eigenvalue weighted by Gasteiger charge is -2.21. The van der Waals surface area contributed by atoms with Crippen LogP contribution in [0.3, 0.4) is 0 Å². The van der Waals surface area contributed by atoms with Crippen LogP contribution in [-0.2, 0) is 14.3 Å². The van der Waals surface area contributed by atoms with E-state index in [9.17, 15) is 14.7 Å². The molecule has 2 heterocycles. The Bertz CT molecular complexity index is 671. The quantitative estimate of drug-likeness (QED) is 0.795. The van der Waals surface area contributed by atoms with Crippen molar-refractivity contribution in [2.24, 2.45) is 11.8 Å². The third-order valence-corrected chi connectivity index (χ3v) is 4.15. The van der Waals surface area contributed by atoms with E-state index < -0.39 is 35.9 Å². The molecule has 1 saturated heterocycles. The van der Waals surface area contributed by atoms with Gasteiger partial charge in [0.2, 0.25) is 5.91 Å². The summed E-state index contributed by atoms with van der Waals surface area (Å²) in [6.07, 6.45) is 2.37. The van der Waals surface area contributed by atoms with Crippen molar-refractivity contribution in [1.29, 1.82) is 0 Å². The molecule has 1 fully saturated rings. The molecule has 7 nitrogen and oxygen atoms in total. The summed E-state index contributed by atoms with van der Waals surface area (Å²) in [5, 5.41) is 12.1. The number of anilines is 1. The fourth-order valence-electron chi connectivity index (χ4n) is 3.03. The summed E-state index contributed by atoms with van der Waals surface area (Å²) in [4.78, 5) is 24.0. The van der Waals surface area contributed by atoms with Crippen molar-refractivity contribution in [3.05, 3.63) is 30.4 Å². The second-order valence-corrected chi connectivity index (χ2v) is 5.40. The molecule has 0 spiro atoms. The molecule has 7 heteroatoms. The van der Waals surface area contributed by atoms with Gasteiger partial charge in [-0.15, -0.1) is 0 Å². The monoisotopic (exact) mass is 319 g/mol. The summed E-state index contributed by atoms with van der Waals surface area (Å²) < 4.78 is 15.8. The average molecular weight is 319 g/mol. The van der Waals surface area contributed by atoms with E-state index in [1.807, 2.05) is 0 Å². The van der Waals surface area contributed by atoms with Gasteiger partial charge in [0.25, 0.3) is 0 Å². The SMILES string of the molecule is COc1ccc(NC(=O)[C@H]2[C@@H](C(=O)O)[C@H]3C=C[C@@H]2O3)c(OC)c1. The average Bonchev–Trinajstić information content (AvgIpc) is 3.16. The van der Waals surface area contributed by atoms with Crippen LogP contribution in [0.4, 0.5) is 5.69 Å². The molecule has 2 aliphatic heterocycles. The van der Waals surface area contributed by atoms with Gasteiger partial charge in [0.1, 0.15) is 17.4 Å². The molecule has 23 heavy (non-hydrogen) atoms. The highest BCUT2D eigenvalue weighted by atomic mass is 16.5. The Balaban J connectivity index is 1.82. The zero-order chi connectivity index (χ0) is 16.6. The maximum atomic E-state index is 12.6. The fourth-order valence-corrected chi connectivity index (χ4v) is 3.03. The predicted molar refractivity (Wildman–Crippen MR) is 80.6 cm³/mol. The highest BCUT2D eigenvalue weighted by Crippen LogP contribution is 2.40. The molecule has 0 aliphatic carbocycles. The summed E-state index contributed by atoms with van der Waals surface area (Å²) in [6.45, 7) is 0. The van der Waals surface area contributed by atoms with Crippen LogP contribution >= 0.6 is 0 Å². The third kappa shape index (κ3) is 2.63. The summed E-state index contributed by atoms with van der Waals surface area (Å²) in [5.74, 6) is -2.07. The van der Waals surface area contributed by atoms with Gasteiger partial charge >= 0.3 is 5.97 Å². The standard InChI is InChI=1S/C16H17NO6/c1-21-8-3-4-9(12(7-8)22-2)17-15(18)13-10-5-6-11(23-10)14(13)16(19)20/h3-7,10-11,13-14H,1-2H3,(H,17,18)(H,19,20)/t10-,11+,13+,14-/m0/s1. The Morgan fingerprint density at radius 3 is 2.43 bits per heavy atom. The number of fused-ring (bicyclic) bond motifs is 2. The third-order valence-electron chi connectivity index (χ3n) is 4.15. The summed E-state index contributed by atoms with van der Waals surface area (Å²) in [5.41, 5.74) is 0.453. The first-order valence-electron chi connectivity index (χ1n) is 7.14. The number of benzene rings is 1. The second kappa shape index (κ2) is 5.92. The van der Waals surface area contributed by atoms with Crippen molar-refractivity contribution in [1.82, 2.24) is 0 Å². The van der Waals surface area contributed by atoms with Crippen LogP contribution in [0.15, 0.2) is 30.4 Å². The van der Waals surface area contributed by atoms with Crippen LogP contribution in [0, 0.1) is 11.8 Å². The molecule has 4 atom stereocenters. The van der Waals surface area contributed by atoms with E-state index in [0.717, 1.165) is 0 Å². The second-order valence-electron chi connectivity index (χ2n) is 5.40. The number of hydrogen-bond acceptors (Lipinski definition) is 5. The number of carbonyl (C=O) groups excluding carboxylic acids is 1. The van der Waals surface area contributed by atoms with Crippen LogP contribution in [0.2, 0.25) is 0 Å². The van der Waals surface area contributed by atoms with Crippen molar-refractivity contribution in [3.8, 4) is 11.5 Å². The van der Waals surface area contributed by atoms with E-state index in [1.165, 1.54) is 14.2 Å².